The van der Waals surface area contributed by atoms with E-state index in [-0.39, 0.29) is 17.2 Å². The van der Waals surface area contributed by atoms with Gasteiger partial charge in [0, 0.05) is 23.6 Å². The molecule has 23 heavy (non-hydrogen) atoms. The Kier molecular flexibility index (Phi) is 4.24. The number of aromatic nitrogens is 1. The fourth-order valence-electron chi connectivity index (χ4n) is 2.61. The summed E-state index contributed by atoms with van der Waals surface area (Å²) in [5, 5.41) is 17.1. The molecule has 0 bridgehead atoms. The summed E-state index contributed by atoms with van der Waals surface area (Å²) in [6.07, 6.45) is 4.23. The second kappa shape index (κ2) is 6.33. The van der Waals surface area contributed by atoms with Gasteiger partial charge in [0.15, 0.2) is 5.13 Å². The van der Waals surface area contributed by atoms with E-state index in [9.17, 15) is 14.9 Å². The summed E-state index contributed by atoms with van der Waals surface area (Å²) < 4.78 is 0. The molecule has 2 aromatic rings. The van der Waals surface area contributed by atoms with Gasteiger partial charge in [-0.25, -0.2) is 4.98 Å². The van der Waals surface area contributed by atoms with Gasteiger partial charge in [0.1, 0.15) is 5.69 Å². The number of anilines is 2. The lowest BCUT2D eigenvalue weighted by molar-refractivity contribution is -0.384. The molecule has 0 radical (unpaired) electrons. The first-order valence-electron chi connectivity index (χ1n) is 7.34. The van der Waals surface area contributed by atoms with Crippen molar-refractivity contribution in [3.05, 3.63) is 44.4 Å². The van der Waals surface area contributed by atoms with E-state index in [0.717, 1.165) is 31.4 Å². The van der Waals surface area contributed by atoms with Crippen molar-refractivity contribution < 1.29 is 9.72 Å². The fraction of sp³-hybridized carbons (Fsp3) is 0.333. The van der Waals surface area contributed by atoms with E-state index >= 15 is 0 Å². The summed E-state index contributed by atoms with van der Waals surface area (Å²) in [6.45, 7) is 0. The van der Waals surface area contributed by atoms with Gasteiger partial charge in [0.2, 0.25) is 0 Å². The lowest BCUT2D eigenvalue weighted by Crippen LogP contribution is -2.12. The molecule has 0 saturated carbocycles. The number of nitrogens with one attached hydrogen (secondary N) is 2. The first kappa shape index (κ1) is 15.4. The van der Waals surface area contributed by atoms with Crippen molar-refractivity contribution in [1.82, 2.24) is 4.98 Å². The van der Waals surface area contributed by atoms with Crippen molar-refractivity contribution in [3.8, 4) is 0 Å². The van der Waals surface area contributed by atoms with Crippen LogP contribution < -0.4 is 10.6 Å². The first-order chi connectivity index (χ1) is 11.1. The Hall–Kier alpha value is -2.48. The van der Waals surface area contributed by atoms with E-state index < -0.39 is 4.92 Å². The molecule has 1 aromatic carbocycles. The number of amides is 1. The molecule has 2 N–H and O–H groups in total. The molecule has 0 atom stereocenters. The van der Waals surface area contributed by atoms with Crippen LogP contribution in [-0.2, 0) is 12.8 Å². The first-order valence-corrected chi connectivity index (χ1v) is 8.16. The Bertz CT molecular complexity index is 749. The van der Waals surface area contributed by atoms with Gasteiger partial charge in [-0.05, 0) is 37.8 Å². The van der Waals surface area contributed by atoms with Crippen LogP contribution in [0.3, 0.4) is 0 Å². The number of carbonyl (C=O) groups excluding carboxylic acids is 1. The average Bonchev–Trinajstić information content (AvgIpc) is 2.96. The van der Waals surface area contributed by atoms with Gasteiger partial charge in [-0.15, -0.1) is 11.3 Å². The molecular weight excluding hydrogens is 316 g/mol. The molecule has 1 amide bonds. The Balaban J connectivity index is 1.81. The van der Waals surface area contributed by atoms with Crippen LogP contribution in [0.4, 0.5) is 16.5 Å². The number of hydrogen-bond acceptors (Lipinski definition) is 6. The Labute approximate surface area is 136 Å². The number of thiazole rings is 1. The van der Waals surface area contributed by atoms with Crippen LogP contribution in [0.25, 0.3) is 0 Å². The summed E-state index contributed by atoms with van der Waals surface area (Å²) in [5.74, 6) is -0.387. The molecule has 0 aliphatic heterocycles. The lowest BCUT2D eigenvalue weighted by Gasteiger charge is -2.06. The molecule has 1 heterocycles. The highest BCUT2D eigenvalue weighted by Crippen LogP contribution is 2.30. The van der Waals surface area contributed by atoms with Crippen molar-refractivity contribution in [3.63, 3.8) is 0 Å². The quantitative estimate of drug-likeness (QED) is 0.662. The predicted molar refractivity (Wildman–Crippen MR) is 89.4 cm³/mol. The number of rotatable bonds is 4. The highest BCUT2D eigenvalue weighted by atomic mass is 32.1. The van der Waals surface area contributed by atoms with Crippen LogP contribution in [0.5, 0.6) is 0 Å². The maximum absolute atomic E-state index is 12.3. The van der Waals surface area contributed by atoms with Gasteiger partial charge in [0.05, 0.1) is 10.6 Å². The second-order valence-electron chi connectivity index (χ2n) is 5.29. The Morgan fingerprint density at radius 2 is 2.13 bits per heavy atom. The van der Waals surface area contributed by atoms with E-state index in [0.29, 0.717) is 10.8 Å². The van der Waals surface area contributed by atoms with Gasteiger partial charge < -0.3 is 5.32 Å². The van der Waals surface area contributed by atoms with Crippen LogP contribution in [0.15, 0.2) is 18.2 Å². The maximum atomic E-state index is 12.3. The molecule has 0 unspecified atom stereocenters. The number of aryl methyl sites for hydroxylation is 2. The number of fused-ring (bicyclic) bond motifs is 1. The lowest BCUT2D eigenvalue weighted by atomic mass is 10.0. The van der Waals surface area contributed by atoms with Gasteiger partial charge in [0.25, 0.3) is 11.6 Å². The molecule has 1 aliphatic carbocycles. The normalized spacial score (nSPS) is 13.3. The van der Waals surface area contributed by atoms with Crippen molar-refractivity contribution in [2.75, 3.05) is 17.7 Å². The van der Waals surface area contributed by atoms with Crippen LogP contribution in [-0.4, -0.2) is 22.9 Å². The van der Waals surface area contributed by atoms with Gasteiger partial charge >= 0.3 is 0 Å². The largest absolute Gasteiger partial charge is 0.383 e. The summed E-state index contributed by atoms with van der Waals surface area (Å²) >= 11 is 1.49. The zero-order valence-corrected chi connectivity index (χ0v) is 13.4. The van der Waals surface area contributed by atoms with E-state index in [1.54, 1.807) is 13.1 Å². The Morgan fingerprint density at radius 3 is 2.83 bits per heavy atom. The maximum Gasteiger partial charge on any atom is 0.293 e. The van der Waals surface area contributed by atoms with E-state index in [2.05, 4.69) is 15.6 Å². The second-order valence-corrected chi connectivity index (χ2v) is 6.37. The zero-order chi connectivity index (χ0) is 16.4. The van der Waals surface area contributed by atoms with Gasteiger partial charge in [-0.1, -0.05) is 0 Å². The molecular formula is C15H16N4O3S. The van der Waals surface area contributed by atoms with Crippen LogP contribution in [0.2, 0.25) is 0 Å². The third-order valence-electron chi connectivity index (χ3n) is 3.79. The number of hydrogen-bond donors (Lipinski definition) is 2. The topological polar surface area (TPSA) is 97.2 Å². The summed E-state index contributed by atoms with van der Waals surface area (Å²) in [6, 6.07) is 4.36. The third-order valence-corrected chi connectivity index (χ3v) is 4.86. The zero-order valence-electron chi connectivity index (χ0n) is 12.6. The average molecular weight is 332 g/mol. The number of nitrogens with zero attached hydrogens (tertiary/aromatic N) is 2. The standard InChI is InChI=1S/C15H16N4O3S/c1-16-10-7-6-9(8-12(10)19(21)22)14(20)18-15-17-11-4-2-3-5-13(11)23-15/h6-8,16H,2-5H2,1H3,(H,17,18,20). The van der Waals surface area contributed by atoms with E-state index in [1.807, 2.05) is 0 Å². The van der Waals surface area contributed by atoms with Crippen LogP contribution in [0.1, 0.15) is 33.8 Å². The van der Waals surface area contributed by atoms with Crippen molar-refractivity contribution in [1.29, 1.82) is 0 Å². The highest BCUT2D eigenvalue weighted by Gasteiger charge is 2.19. The minimum atomic E-state index is -0.509. The Morgan fingerprint density at radius 1 is 1.35 bits per heavy atom. The van der Waals surface area contributed by atoms with Crippen molar-refractivity contribution >= 4 is 33.8 Å². The third kappa shape index (κ3) is 3.16. The van der Waals surface area contributed by atoms with Crippen LogP contribution in [0, 0.1) is 10.1 Å². The highest BCUT2D eigenvalue weighted by molar-refractivity contribution is 7.15. The minimum Gasteiger partial charge on any atom is -0.383 e. The molecule has 7 nitrogen and oxygen atoms in total. The van der Waals surface area contributed by atoms with E-state index in [4.69, 9.17) is 0 Å². The SMILES string of the molecule is CNc1ccc(C(=O)Nc2nc3c(s2)CCCC3)cc1[N+](=O)[O-]. The van der Waals surface area contributed by atoms with Crippen LogP contribution >= 0.6 is 11.3 Å². The fourth-order valence-corrected chi connectivity index (χ4v) is 3.65. The number of nitro groups is 1. The summed E-state index contributed by atoms with van der Waals surface area (Å²) in [7, 11) is 1.60. The molecule has 1 aromatic heterocycles. The monoisotopic (exact) mass is 332 g/mol. The predicted octanol–water partition coefficient (Wildman–Crippen LogP) is 3.22. The van der Waals surface area contributed by atoms with Crippen molar-refractivity contribution in [2.24, 2.45) is 0 Å². The molecule has 3 rings (SSSR count). The molecule has 0 spiro atoms. The number of benzene rings is 1. The molecule has 1 aliphatic rings. The van der Waals surface area contributed by atoms with Crippen molar-refractivity contribution in [2.45, 2.75) is 25.7 Å². The summed E-state index contributed by atoms with van der Waals surface area (Å²) in [5.41, 5.74) is 1.55. The van der Waals surface area contributed by atoms with Gasteiger partial charge in [-0.3, -0.25) is 20.2 Å². The minimum absolute atomic E-state index is 0.126. The molecule has 8 heteroatoms. The number of nitro benzene ring substituents is 1. The van der Waals surface area contributed by atoms with Gasteiger partial charge in [-0.2, -0.15) is 0 Å². The van der Waals surface area contributed by atoms with E-state index in [1.165, 1.54) is 28.3 Å². The summed E-state index contributed by atoms with van der Waals surface area (Å²) in [4.78, 5) is 28.5. The smallest absolute Gasteiger partial charge is 0.293 e. The molecule has 120 valence electrons. The number of carbonyl (C=O) groups is 1. The molecule has 0 fully saturated rings. The molecule has 0 saturated heterocycles.